The Labute approximate surface area is 93.1 Å². The Morgan fingerprint density at radius 1 is 1.31 bits per heavy atom. The molecule has 0 saturated heterocycles. The van der Waals surface area contributed by atoms with E-state index in [1.165, 1.54) is 0 Å². The topological polar surface area (TPSA) is 114 Å². The summed E-state index contributed by atoms with van der Waals surface area (Å²) in [6.45, 7) is 4.50. The van der Waals surface area contributed by atoms with Crippen molar-refractivity contribution in [2.75, 3.05) is 13.2 Å². The third-order valence-electron chi connectivity index (χ3n) is 0.999. The lowest BCUT2D eigenvalue weighted by Crippen LogP contribution is -2.33. The molecule has 0 radical (unpaired) electrons. The first-order valence-electron chi connectivity index (χ1n) is 4.41. The second-order valence-corrected chi connectivity index (χ2v) is 5.02. The molecule has 0 saturated carbocycles. The smallest absolute Gasteiger partial charge is 0.442 e. The van der Waals surface area contributed by atoms with Crippen LogP contribution in [-0.4, -0.2) is 34.7 Å². The summed E-state index contributed by atoms with van der Waals surface area (Å²) in [5.41, 5.74) is 1.29. The van der Waals surface area contributed by atoms with Gasteiger partial charge in [-0.05, 0) is 20.8 Å². The molecule has 9 heteroatoms. The lowest BCUT2D eigenvalue weighted by Gasteiger charge is -2.19. The van der Waals surface area contributed by atoms with E-state index in [-0.39, 0.29) is 13.2 Å². The van der Waals surface area contributed by atoms with Crippen LogP contribution in [0.15, 0.2) is 0 Å². The first-order chi connectivity index (χ1) is 7.10. The zero-order chi connectivity index (χ0) is 12.8. The SMILES string of the molecule is CC(C)(C)OC(=O)NOCCOP(=O)(O)O. The average molecular weight is 257 g/mol. The highest BCUT2D eigenvalue weighted by Crippen LogP contribution is 2.35. The maximum absolute atomic E-state index is 11.0. The van der Waals surface area contributed by atoms with Crippen molar-refractivity contribution in [3.8, 4) is 0 Å². The number of phosphoric acid groups is 1. The number of nitrogens with one attached hydrogen (secondary N) is 1. The van der Waals surface area contributed by atoms with Crippen LogP contribution >= 0.6 is 7.82 Å². The number of rotatable bonds is 5. The third-order valence-corrected chi connectivity index (χ3v) is 1.52. The molecule has 0 rings (SSSR count). The van der Waals surface area contributed by atoms with Crippen molar-refractivity contribution in [1.82, 2.24) is 5.48 Å². The van der Waals surface area contributed by atoms with E-state index >= 15 is 0 Å². The molecule has 0 aromatic rings. The first-order valence-corrected chi connectivity index (χ1v) is 5.94. The minimum atomic E-state index is -4.49. The molecule has 0 aliphatic carbocycles. The van der Waals surface area contributed by atoms with Gasteiger partial charge in [0.25, 0.3) is 0 Å². The molecule has 0 atom stereocenters. The molecular formula is C7H16NO7P. The fourth-order valence-corrected chi connectivity index (χ4v) is 0.919. The van der Waals surface area contributed by atoms with E-state index in [1.807, 2.05) is 5.48 Å². The Bertz CT molecular complexity index is 268. The van der Waals surface area contributed by atoms with Crippen molar-refractivity contribution in [1.29, 1.82) is 0 Å². The molecule has 0 spiro atoms. The Morgan fingerprint density at radius 3 is 2.31 bits per heavy atom. The van der Waals surface area contributed by atoms with E-state index < -0.39 is 19.5 Å². The summed E-state index contributed by atoms with van der Waals surface area (Å²) in [7, 11) is -4.49. The predicted molar refractivity (Wildman–Crippen MR) is 53.3 cm³/mol. The molecule has 0 heterocycles. The number of hydrogen-bond donors (Lipinski definition) is 3. The number of hydroxylamine groups is 1. The fourth-order valence-electron chi connectivity index (χ4n) is 0.607. The Morgan fingerprint density at radius 2 is 1.88 bits per heavy atom. The van der Waals surface area contributed by atoms with E-state index in [4.69, 9.17) is 14.5 Å². The van der Waals surface area contributed by atoms with Gasteiger partial charge < -0.3 is 14.5 Å². The van der Waals surface area contributed by atoms with Crippen LogP contribution in [0.3, 0.4) is 0 Å². The highest BCUT2D eigenvalue weighted by Gasteiger charge is 2.16. The van der Waals surface area contributed by atoms with Gasteiger partial charge in [-0.25, -0.2) is 9.36 Å². The lowest BCUT2D eigenvalue weighted by molar-refractivity contribution is -0.0161. The molecule has 0 aromatic heterocycles. The molecule has 1 amide bonds. The van der Waals surface area contributed by atoms with E-state index in [0.717, 1.165) is 0 Å². The maximum Gasteiger partial charge on any atom is 0.469 e. The van der Waals surface area contributed by atoms with Crippen LogP contribution in [0.4, 0.5) is 4.79 Å². The molecule has 0 aliphatic rings. The molecule has 0 aliphatic heterocycles. The van der Waals surface area contributed by atoms with Crippen molar-refractivity contribution in [3.05, 3.63) is 0 Å². The molecule has 16 heavy (non-hydrogen) atoms. The van der Waals surface area contributed by atoms with Gasteiger partial charge in [-0.3, -0.25) is 9.36 Å². The van der Waals surface area contributed by atoms with Crippen LogP contribution in [-0.2, 0) is 18.7 Å². The summed E-state index contributed by atoms with van der Waals surface area (Å²) < 4.78 is 19.1. The summed E-state index contributed by atoms with van der Waals surface area (Å²) >= 11 is 0. The number of ether oxygens (including phenoxy) is 1. The minimum absolute atomic E-state index is 0.204. The van der Waals surface area contributed by atoms with Gasteiger partial charge in [0.05, 0.1) is 13.2 Å². The van der Waals surface area contributed by atoms with Gasteiger partial charge >= 0.3 is 13.9 Å². The van der Waals surface area contributed by atoms with Crippen molar-refractivity contribution in [2.24, 2.45) is 0 Å². The largest absolute Gasteiger partial charge is 0.469 e. The zero-order valence-electron chi connectivity index (χ0n) is 9.30. The number of phosphoric ester groups is 1. The third kappa shape index (κ3) is 11.4. The molecule has 96 valence electrons. The highest BCUT2D eigenvalue weighted by molar-refractivity contribution is 7.46. The summed E-state index contributed by atoms with van der Waals surface area (Å²) in [6, 6.07) is 0. The van der Waals surface area contributed by atoms with Gasteiger partial charge in [-0.2, -0.15) is 5.48 Å². The Balaban J connectivity index is 3.53. The van der Waals surface area contributed by atoms with Gasteiger partial charge in [0.2, 0.25) is 0 Å². The van der Waals surface area contributed by atoms with Crippen LogP contribution < -0.4 is 5.48 Å². The average Bonchev–Trinajstić information content (AvgIpc) is 1.97. The molecular weight excluding hydrogens is 241 g/mol. The van der Waals surface area contributed by atoms with Gasteiger partial charge in [0.1, 0.15) is 5.60 Å². The lowest BCUT2D eigenvalue weighted by atomic mass is 10.2. The van der Waals surface area contributed by atoms with Gasteiger partial charge in [-0.15, -0.1) is 0 Å². The normalized spacial score (nSPS) is 12.3. The zero-order valence-corrected chi connectivity index (χ0v) is 10.2. The summed E-state index contributed by atoms with van der Waals surface area (Å²) in [5.74, 6) is 0. The van der Waals surface area contributed by atoms with Gasteiger partial charge in [0.15, 0.2) is 0 Å². The van der Waals surface area contributed by atoms with E-state index in [0.29, 0.717) is 0 Å². The minimum Gasteiger partial charge on any atom is -0.442 e. The van der Waals surface area contributed by atoms with Crippen molar-refractivity contribution >= 4 is 13.9 Å². The standard InChI is InChI=1S/C7H16NO7P/c1-7(2,3)15-6(9)8-13-4-5-14-16(10,11)12/h4-5H2,1-3H3,(H,8,9)(H2,10,11,12). The summed E-state index contributed by atoms with van der Waals surface area (Å²) in [5, 5.41) is 0. The van der Waals surface area contributed by atoms with Crippen LogP contribution in [0.1, 0.15) is 20.8 Å². The number of hydrogen-bond acceptors (Lipinski definition) is 5. The highest BCUT2D eigenvalue weighted by atomic mass is 31.2. The summed E-state index contributed by atoms with van der Waals surface area (Å²) in [4.78, 5) is 32.1. The molecule has 0 fully saturated rings. The number of carbonyl (C=O) groups is 1. The van der Waals surface area contributed by atoms with E-state index in [1.54, 1.807) is 20.8 Å². The van der Waals surface area contributed by atoms with Crippen LogP contribution in [0.5, 0.6) is 0 Å². The maximum atomic E-state index is 11.0. The summed E-state index contributed by atoms with van der Waals surface area (Å²) in [6.07, 6.45) is -0.788. The number of carbonyl (C=O) groups excluding carboxylic acids is 1. The first kappa shape index (κ1) is 15.3. The number of amides is 1. The van der Waals surface area contributed by atoms with Crippen LogP contribution in [0, 0.1) is 0 Å². The molecule has 3 N–H and O–H groups in total. The molecule has 0 bridgehead atoms. The Kier molecular flexibility index (Phi) is 5.91. The fraction of sp³-hybridized carbons (Fsp3) is 0.857. The predicted octanol–water partition coefficient (Wildman–Crippen LogP) is 0.552. The van der Waals surface area contributed by atoms with Crippen molar-refractivity contribution < 1.29 is 33.2 Å². The van der Waals surface area contributed by atoms with Gasteiger partial charge in [0, 0.05) is 0 Å². The molecule has 0 aromatic carbocycles. The van der Waals surface area contributed by atoms with Gasteiger partial charge in [-0.1, -0.05) is 0 Å². The quantitative estimate of drug-likeness (QED) is 0.374. The van der Waals surface area contributed by atoms with Crippen LogP contribution in [0.25, 0.3) is 0 Å². The van der Waals surface area contributed by atoms with Crippen molar-refractivity contribution in [2.45, 2.75) is 26.4 Å². The van der Waals surface area contributed by atoms with E-state index in [2.05, 4.69) is 9.36 Å². The van der Waals surface area contributed by atoms with Crippen molar-refractivity contribution in [3.63, 3.8) is 0 Å². The Hall–Kier alpha value is -0.660. The second kappa shape index (κ2) is 6.17. The monoisotopic (exact) mass is 257 g/mol. The molecule has 0 unspecified atom stereocenters. The van der Waals surface area contributed by atoms with E-state index in [9.17, 15) is 9.36 Å². The van der Waals surface area contributed by atoms with Crippen LogP contribution in [0.2, 0.25) is 0 Å². The second-order valence-electron chi connectivity index (χ2n) is 3.78. The molecule has 8 nitrogen and oxygen atoms in total.